The lowest BCUT2D eigenvalue weighted by atomic mass is 9.89. The molecule has 4 heteroatoms. The molecular weight excluding hydrogens is 250 g/mol. The number of hydrogen-bond donors (Lipinski definition) is 1. The van der Waals surface area contributed by atoms with Crippen molar-refractivity contribution >= 4 is 11.6 Å². The Morgan fingerprint density at radius 2 is 2.11 bits per heavy atom. The van der Waals surface area contributed by atoms with Crippen molar-refractivity contribution in [1.29, 1.82) is 0 Å². The molecule has 2 heterocycles. The van der Waals surface area contributed by atoms with Gasteiger partial charge in [-0.05, 0) is 62.4 Å². The van der Waals surface area contributed by atoms with E-state index >= 15 is 0 Å². The smallest absolute Gasteiger partial charge is 0.231 e. The van der Waals surface area contributed by atoms with Gasteiger partial charge in [-0.2, -0.15) is 0 Å². The third-order valence-corrected chi connectivity index (χ3v) is 4.38. The quantitative estimate of drug-likeness (QED) is 0.894. The molecule has 1 aromatic rings. The van der Waals surface area contributed by atoms with E-state index in [-0.39, 0.29) is 6.79 Å². The molecule has 0 atom stereocenters. The van der Waals surface area contributed by atoms with E-state index in [2.05, 4.69) is 18.3 Å². The first-order valence-corrected chi connectivity index (χ1v) is 6.92. The van der Waals surface area contributed by atoms with E-state index in [0.29, 0.717) is 10.8 Å². The lowest BCUT2D eigenvalue weighted by molar-refractivity contribution is 0.174. The second-order valence-corrected chi connectivity index (χ2v) is 5.48. The molecule has 0 amide bonds. The van der Waals surface area contributed by atoms with Crippen LogP contribution in [0.4, 0.5) is 0 Å². The van der Waals surface area contributed by atoms with E-state index in [4.69, 9.17) is 21.1 Å². The molecule has 1 aromatic carbocycles. The van der Waals surface area contributed by atoms with Gasteiger partial charge in [0.25, 0.3) is 0 Å². The Balaban J connectivity index is 1.85. The summed E-state index contributed by atoms with van der Waals surface area (Å²) < 4.78 is 10.8. The molecule has 2 aliphatic heterocycles. The summed E-state index contributed by atoms with van der Waals surface area (Å²) in [5, 5.41) is 4.11. The number of hydrogen-bond acceptors (Lipinski definition) is 3. The van der Waals surface area contributed by atoms with Gasteiger partial charge in [-0.3, -0.25) is 0 Å². The zero-order chi connectivity index (χ0) is 12.5. The number of rotatable bonds is 2. The fraction of sp³-hybridized carbons (Fsp3) is 0.571. The van der Waals surface area contributed by atoms with Gasteiger partial charge in [0.1, 0.15) is 0 Å². The highest BCUT2D eigenvalue weighted by molar-refractivity contribution is 6.33. The second kappa shape index (κ2) is 4.98. The third-order valence-electron chi connectivity index (χ3n) is 3.92. The zero-order valence-electron chi connectivity index (χ0n) is 10.6. The molecule has 3 nitrogen and oxygen atoms in total. The first kappa shape index (κ1) is 12.1. The van der Waals surface area contributed by atoms with Gasteiger partial charge in [0, 0.05) is 0 Å². The van der Waals surface area contributed by atoms with E-state index in [9.17, 15) is 0 Å². The molecule has 0 aromatic heterocycles. The average molecular weight is 268 g/mol. The Labute approximate surface area is 112 Å². The Bertz CT molecular complexity index is 456. The van der Waals surface area contributed by atoms with Crippen molar-refractivity contribution in [3.05, 3.63) is 22.2 Å². The maximum absolute atomic E-state index is 6.34. The van der Waals surface area contributed by atoms with E-state index in [1.165, 1.54) is 18.4 Å². The predicted molar refractivity (Wildman–Crippen MR) is 71.6 cm³/mol. The summed E-state index contributed by atoms with van der Waals surface area (Å²) in [7, 11) is 0. The van der Waals surface area contributed by atoms with Crippen molar-refractivity contribution in [3.63, 3.8) is 0 Å². The zero-order valence-corrected chi connectivity index (χ0v) is 11.3. The standard InChI is InChI=1S/C14H18ClNO2/c1-9-11(6-10-2-4-16-5-3-10)7-12-14(13(9)15)18-8-17-12/h7,10,16H,2-6,8H2,1H3. The number of halogens is 1. The lowest BCUT2D eigenvalue weighted by Crippen LogP contribution is -2.28. The Morgan fingerprint density at radius 3 is 2.89 bits per heavy atom. The molecular formula is C14H18ClNO2. The van der Waals surface area contributed by atoms with Crippen LogP contribution in [0.3, 0.4) is 0 Å². The first-order valence-electron chi connectivity index (χ1n) is 6.54. The van der Waals surface area contributed by atoms with Crippen LogP contribution in [-0.2, 0) is 6.42 Å². The number of ether oxygens (including phenoxy) is 2. The van der Waals surface area contributed by atoms with E-state index in [0.717, 1.165) is 36.7 Å². The molecule has 0 saturated carbocycles. The summed E-state index contributed by atoms with van der Waals surface area (Å²) in [5.74, 6) is 2.26. The van der Waals surface area contributed by atoms with Crippen molar-refractivity contribution in [2.24, 2.45) is 5.92 Å². The summed E-state index contributed by atoms with van der Waals surface area (Å²) in [4.78, 5) is 0. The maximum Gasteiger partial charge on any atom is 0.231 e. The van der Waals surface area contributed by atoms with Gasteiger partial charge in [-0.1, -0.05) is 11.6 Å². The molecule has 1 N–H and O–H groups in total. The fourth-order valence-corrected chi connectivity index (χ4v) is 3.02. The molecule has 18 heavy (non-hydrogen) atoms. The van der Waals surface area contributed by atoms with Gasteiger partial charge < -0.3 is 14.8 Å². The monoisotopic (exact) mass is 267 g/mol. The molecule has 0 bridgehead atoms. The summed E-state index contributed by atoms with van der Waals surface area (Å²) in [6, 6.07) is 2.10. The first-order chi connectivity index (χ1) is 8.75. The van der Waals surface area contributed by atoms with E-state index < -0.39 is 0 Å². The van der Waals surface area contributed by atoms with Gasteiger partial charge in [-0.15, -0.1) is 0 Å². The van der Waals surface area contributed by atoms with Crippen LogP contribution in [0.15, 0.2) is 6.07 Å². The summed E-state index contributed by atoms with van der Waals surface area (Å²) in [6.45, 7) is 4.61. The highest BCUT2D eigenvalue weighted by atomic mass is 35.5. The predicted octanol–water partition coefficient (Wildman–Crippen LogP) is 2.92. The molecule has 1 fully saturated rings. The largest absolute Gasteiger partial charge is 0.454 e. The van der Waals surface area contributed by atoms with Crippen molar-refractivity contribution in [3.8, 4) is 11.5 Å². The molecule has 0 aliphatic carbocycles. The normalized spacial score (nSPS) is 19.2. The number of fused-ring (bicyclic) bond motifs is 1. The average Bonchev–Trinajstić information content (AvgIpc) is 2.85. The molecule has 0 unspecified atom stereocenters. The highest BCUT2D eigenvalue weighted by Crippen LogP contribution is 2.43. The Hall–Kier alpha value is -0.930. The van der Waals surface area contributed by atoms with Gasteiger partial charge in [0.2, 0.25) is 6.79 Å². The van der Waals surface area contributed by atoms with Crippen LogP contribution < -0.4 is 14.8 Å². The summed E-state index contributed by atoms with van der Waals surface area (Å²) in [6.07, 6.45) is 3.57. The SMILES string of the molecule is Cc1c(CC2CCNCC2)cc2c(c1Cl)OCO2. The molecule has 2 aliphatic rings. The van der Waals surface area contributed by atoms with Crippen LogP contribution in [0.5, 0.6) is 11.5 Å². The van der Waals surface area contributed by atoms with Gasteiger partial charge in [0.15, 0.2) is 11.5 Å². The number of nitrogens with one attached hydrogen (secondary N) is 1. The Kier molecular flexibility index (Phi) is 3.35. The van der Waals surface area contributed by atoms with Crippen LogP contribution in [0.25, 0.3) is 0 Å². The van der Waals surface area contributed by atoms with Crippen LogP contribution in [0.1, 0.15) is 24.0 Å². The fourth-order valence-electron chi connectivity index (χ4n) is 2.75. The van der Waals surface area contributed by atoms with E-state index in [1.807, 2.05) is 0 Å². The molecule has 3 rings (SSSR count). The van der Waals surface area contributed by atoms with Gasteiger partial charge in [0.05, 0.1) is 5.02 Å². The highest BCUT2D eigenvalue weighted by Gasteiger charge is 2.23. The van der Waals surface area contributed by atoms with Crippen LogP contribution >= 0.6 is 11.6 Å². The Morgan fingerprint density at radius 1 is 1.33 bits per heavy atom. The molecule has 1 saturated heterocycles. The summed E-state index contributed by atoms with van der Waals surface area (Å²) >= 11 is 6.34. The topological polar surface area (TPSA) is 30.5 Å². The second-order valence-electron chi connectivity index (χ2n) is 5.11. The minimum Gasteiger partial charge on any atom is -0.454 e. The van der Waals surface area contributed by atoms with Crippen LogP contribution in [0, 0.1) is 12.8 Å². The van der Waals surface area contributed by atoms with Gasteiger partial charge >= 0.3 is 0 Å². The number of piperidine rings is 1. The molecule has 0 radical (unpaired) electrons. The van der Waals surface area contributed by atoms with Crippen molar-refractivity contribution in [2.45, 2.75) is 26.2 Å². The third kappa shape index (κ3) is 2.17. The minimum absolute atomic E-state index is 0.283. The maximum atomic E-state index is 6.34. The van der Waals surface area contributed by atoms with Gasteiger partial charge in [-0.25, -0.2) is 0 Å². The van der Waals surface area contributed by atoms with Crippen molar-refractivity contribution in [2.75, 3.05) is 19.9 Å². The minimum atomic E-state index is 0.283. The molecule has 0 spiro atoms. The molecule has 98 valence electrons. The van der Waals surface area contributed by atoms with Crippen molar-refractivity contribution < 1.29 is 9.47 Å². The van der Waals surface area contributed by atoms with Crippen LogP contribution in [-0.4, -0.2) is 19.9 Å². The van der Waals surface area contributed by atoms with E-state index in [1.54, 1.807) is 0 Å². The summed E-state index contributed by atoms with van der Waals surface area (Å²) in [5.41, 5.74) is 2.44. The van der Waals surface area contributed by atoms with Crippen LogP contribution in [0.2, 0.25) is 5.02 Å². The lowest BCUT2D eigenvalue weighted by Gasteiger charge is -2.23. The van der Waals surface area contributed by atoms with Crippen molar-refractivity contribution in [1.82, 2.24) is 5.32 Å². The number of benzene rings is 1.